The van der Waals surface area contributed by atoms with Crippen molar-refractivity contribution < 1.29 is 28.7 Å². The molecule has 5 amide bonds. The minimum absolute atomic E-state index is 0.0634. The smallest absolute Gasteiger partial charge is 0.270 e. The zero-order chi connectivity index (χ0) is 32.7. The third-order valence-corrected chi connectivity index (χ3v) is 8.04. The second-order valence-corrected chi connectivity index (χ2v) is 11.8. The molecule has 3 atom stereocenters. The van der Waals surface area contributed by atoms with Gasteiger partial charge in [-0.3, -0.25) is 24.0 Å². The second-order valence-electron chi connectivity index (χ2n) is 11.4. The number of pyridine rings is 1. The maximum absolute atomic E-state index is 13.5. The van der Waals surface area contributed by atoms with E-state index in [2.05, 4.69) is 31.6 Å². The molecule has 5 N–H and O–H groups in total. The number of nitrogens with one attached hydrogen (secondary N) is 5. The van der Waals surface area contributed by atoms with E-state index in [4.69, 9.17) is 16.3 Å². The molecule has 2 aromatic carbocycles. The summed E-state index contributed by atoms with van der Waals surface area (Å²) in [5, 5.41) is 14.1. The van der Waals surface area contributed by atoms with Crippen LogP contribution in [0.25, 0.3) is 0 Å². The molecule has 1 saturated carbocycles. The summed E-state index contributed by atoms with van der Waals surface area (Å²) in [6, 6.07) is 15.9. The molecule has 1 aliphatic carbocycles. The summed E-state index contributed by atoms with van der Waals surface area (Å²) in [5.74, 6) is -2.11. The number of ether oxygens (including phenoxy) is 1. The van der Waals surface area contributed by atoms with Crippen molar-refractivity contribution in [1.29, 1.82) is 0 Å². The molecule has 0 unspecified atom stereocenters. The zero-order valence-corrected chi connectivity index (χ0v) is 25.9. The number of hydrogen-bond acceptors (Lipinski definition) is 7. The molecule has 6 rings (SSSR count). The van der Waals surface area contributed by atoms with Gasteiger partial charge < -0.3 is 31.3 Å². The Morgan fingerprint density at radius 3 is 2.37 bits per heavy atom. The number of hydrogen-bond donors (Lipinski definition) is 5. The average molecular weight is 647 g/mol. The lowest BCUT2D eigenvalue weighted by atomic mass is 10.0. The van der Waals surface area contributed by atoms with E-state index in [0.29, 0.717) is 29.2 Å². The molecule has 13 heteroatoms. The van der Waals surface area contributed by atoms with Crippen molar-refractivity contribution in [3.8, 4) is 5.75 Å². The monoisotopic (exact) mass is 646 g/mol. The van der Waals surface area contributed by atoms with Crippen molar-refractivity contribution in [2.24, 2.45) is 0 Å². The summed E-state index contributed by atoms with van der Waals surface area (Å²) in [6.45, 7) is 1.89. The Hall–Kier alpha value is -4.97. The number of aromatic nitrogens is 1. The van der Waals surface area contributed by atoms with E-state index in [9.17, 15) is 24.0 Å². The topological polar surface area (TPSA) is 168 Å². The van der Waals surface area contributed by atoms with Gasteiger partial charge in [-0.2, -0.15) is 0 Å². The van der Waals surface area contributed by atoms with Crippen LogP contribution in [0, 0.1) is 0 Å². The highest BCUT2D eigenvalue weighted by atomic mass is 35.5. The van der Waals surface area contributed by atoms with E-state index < -0.39 is 47.3 Å². The van der Waals surface area contributed by atoms with Gasteiger partial charge in [0, 0.05) is 19.0 Å². The van der Waals surface area contributed by atoms with Gasteiger partial charge in [0.15, 0.2) is 0 Å². The lowest BCUT2D eigenvalue weighted by Gasteiger charge is -2.25. The van der Waals surface area contributed by atoms with Gasteiger partial charge >= 0.3 is 0 Å². The van der Waals surface area contributed by atoms with Crippen LogP contribution in [0.15, 0.2) is 72.9 Å². The van der Waals surface area contributed by atoms with Crippen LogP contribution in [0.4, 0.5) is 0 Å². The van der Waals surface area contributed by atoms with Crippen LogP contribution in [0.3, 0.4) is 0 Å². The summed E-state index contributed by atoms with van der Waals surface area (Å²) < 4.78 is 5.77. The van der Waals surface area contributed by atoms with E-state index in [1.165, 1.54) is 25.3 Å². The second kappa shape index (κ2) is 14.4. The van der Waals surface area contributed by atoms with Gasteiger partial charge in [0.05, 0.1) is 11.6 Å². The minimum atomic E-state index is -1.08. The standard InChI is InChI=1S/C33H35ClN6O6/c1-20-28(41)38-27(17-21-5-3-2-4-6-21)31(44)40-33(13-14-33)32(45)35-15-16-46-24-10-7-22(8-11-24)18-26(30(43)37-20)39-29(42)25-12-9-23(34)19-36-25/h2-12,19-20,26-27H,13-18H2,1H3,(H,35,45)(H,37,43)(H,38,41)(H,39,42)(H,40,44)/t20-,26-,27+/m0/s1. The van der Waals surface area contributed by atoms with E-state index in [1.807, 2.05) is 30.3 Å². The third-order valence-electron chi connectivity index (χ3n) is 7.82. The van der Waals surface area contributed by atoms with Gasteiger partial charge in [0.2, 0.25) is 23.6 Å². The van der Waals surface area contributed by atoms with E-state index in [-0.39, 0.29) is 37.6 Å². The molecule has 1 fully saturated rings. The number of fused-ring (bicyclic) bond motifs is 15. The third kappa shape index (κ3) is 8.39. The normalized spacial score (nSPS) is 22.0. The molecule has 3 aromatic rings. The molecule has 240 valence electrons. The fourth-order valence-electron chi connectivity index (χ4n) is 5.00. The first kappa shape index (κ1) is 32.4. The Labute approximate surface area is 271 Å². The van der Waals surface area contributed by atoms with Crippen LogP contribution in [-0.4, -0.2) is 71.3 Å². The number of benzene rings is 2. The summed E-state index contributed by atoms with van der Waals surface area (Å²) in [4.78, 5) is 70.5. The van der Waals surface area contributed by atoms with Gasteiger partial charge in [-0.05, 0) is 55.2 Å². The fraction of sp³-hybridized carbons (Fsp3) is 0.333. The summed E-state index contributed by atoms with van der Waals surface area (Å²) >= 11 is 5.91. The lowest BCUT2D eigenvalue weighted by molar-refractivity contribution is -0.134. The highest BCUT2D eigenvalue weighted by Gasteiger charge is 2.51. The summed E-state index contributed by atoms with van der Waals surface area (Å²) in [5.41, 5.74) is 0.508. The Kier molecular flexibility index (Phi) is 10.2. The van der Waals surface area contributed by atoms with Crippen molar-refractivity contribution in [1.82, 2.24) is 31.6 Å². The van der Waals surface area contributed by atoms with Crippen LogP contribution in [0.5, 0.6) is 5.75 Å². The van der Waals surface area contributed by atoms with E-state index in [0.717, 1.165) is 5.56 Å². The first-order chi connectivity index (χ1) is 22.1. The molecule has 46 heavy (non-hydrogen) atoms. The first-order valence-corrected chi connectivity index (χ1v) is 15.4. The molecular formula is C33H35ClN6O6. The first-order valence-electron chi connectivity index (χ1n) is 15.0. The highest BCUT2D eigenvalue weighted by Crippen LogP contribution is 2.35. The minimum Gasteiger partial charge on any atom is -0.492 e. The van der Waals surface area contributed by atoms with Crippen LogP contribution in [0.1, 0.15) is 41.4 Å². The number of amides is 5. The molecular weight excluding hydrogens is 612 g/mol. The van der Waals surface area contributed by atoms with E-state index in [1.54, 1.807) is 24.3 Å². The average Bonchev–Trinajstić information content (AvgIpc) is 3.83. The highest BCUT2D eigenvalue weighted by molar-refractivity contribution is 6.30. The van der Waals surface area contributed by atoms with Crippen LogP contribution in [-0.2, 0) is 32.0 Å². The van der Waals surface area contributed by atoms with Gasteiger partial charge in [0.1, 0.15) is 41.7 Å². The SMILES string of the molecule is C[C@@H]1NC(=O)[C@@H](NC(=O)c2ccc(Cl)cn2)Cc2ccc(cc2)OCCNC(=O)C2(CC2)NC(=O)[C@@H](Cc2ccccc2)NC1=O. The van der Waals surface area contributed by atoms with Gasteiger partial charge in [-0.1, -0.05) is 54.1 Å². The number of carbonyl (C=O) groups is 5. The van der Waals surface area contributed by atoms with E-state index >= 15 is 0 Å². The molecule has 0 radical (unpaired) electrons. The molecule has 2 bridgehead atoms. The molecule has 3 heterocycles. The number of nitrogens with zero attached hydrogens (tertiary/aromatic N) is 1. The maximum atomic E-state index is 13.5. The van der Waals surface area contributed by atoms with Crippen LogP contribution in [0.2, 0.25) is 5.02 Å². The zero-order valence-electron chi connectivity index (χ0n) is 25.2. The van der Waals surface area contributed by atoms with Crippen molar-refractivity contribution >= 4 is 41.1 Å². The van der Waals surface area contributed by atoms with Gasteiger partial charge in [0.25, 0.3) is 5.91 Å². The van der Waals surface area contributed by atoms with Crippen LogP contribution >= 0.6 is 11.6 Å². The maximum Gasteiger partial charge on any atom is 0.270 e. The molecule has 1 spiro atoms. The Balaban J connectivity index is 1.39. The number of halogens is 1. The number of carbonyl (C=O) groups excluding carboxylic acids is 5. The van der Waals surface area contributed by atoms with Crippen molar-refractivity contribution in [2.45, 2.75) is 56.3 Å². The van der Waals surface area contributed by atoms with Crippen molar-refractivity contribution in [3.05, 3.63) is 94.8 Å². The fourth-order valence-corrected chi connectivity index (χ4v) is 5.12. The molecule has 1 aromatic heterocycles. The van der Waals surface area contributed by atoms with Gasteiger partial charge in [-0.25, -0.2) is 4.98 Å². The quantitative estimate of drug-likeness (QED) is 0.268. The summed E-state index contributed by atoms with van der Waals surface area (Å²) in [7, 11) is 0. The van der Waals surface area contributed by atoms with Crippen molar-refractivity contribution in [3.63, 3.8) is 0 Å². The van der Waals surface area contributed by atoms with Crippen LogP contribution < -0.4 is 31.3 Å². The largest absolute Gasteiger partial charge is 0.492 e. The summed E-state index contributed by atoms with van der Waals surface area (Å²) in [6.07, 6.45) is 2.51. The Morgan fingerprint density at radius 2 is 1.70 bits per heavy atom. The Bertz CT molecular complexity index is 1580. The predicted octanol–water partition coefficient (Wildman–Crippen LogP) is 1.47. The van der Waals surface area contributed by atoms with Crippen molar-refractivity contribution in [2.75, 3.05) is 13.2 Å². The van der Waals surface area contributed by atoms with Gasteiger partial charge in [-0.15, -0.1) is 0 Å². The molecule has 12 nitrogen and oxygen atoms in total. The lowest BCUT2D eigenvalue weighted by Crippen LogP contribution is -2.59. The predicted molar refractivity (Wildman–Crippen MR) is 169 cm³/mol. The molecule has 2 aliphatic heterocycles. The Morgan fingerprint density at radius 1 is 0.957 bits per heavy atom. The molecule has 0 saturated heterocycles. The number of rotatable bonds is 4. The molecule has 3 aliphatic rings.